The zero-order valence-electron chi connectivity index (χ0n) is 9.69. The molecule has 4 nitrogen and oxygen atoms in total. The number of hydrogen-bond donors (Lipinski definition) is 2. The van der Waals surface area contributed by atoms with E-state index in [1.54, 1.807) is 0 Å². The molecule has 16 heavy (non-hydrogen) atoms. The Morgan fingerprint density at radius 1 is 1.56 bits per heavy atom. The van der Waals surface area contributed by atoms with Crippen molar-refractivity contribution in [2.24, 2.45) is 17.6 Å². The van der Waals surface area contributed by atoms with Crippen LogP contribution in [-0.4, -0.2) is 31.2 Å². The van der Waals surface area contributed by atoms with Crippen molar-refractivity contribution in [3.63, 3.8) is 0 Å². The second kappa shape index (κ2) is 4.97. The first kappa shape index (κ1) is 11.6. The van der Waals surface area contributed by atoms with Crippen LogP contribution >= 0.6 is 0 Å². The maximum absolute atomic E-state index is 11.9. The average Bonchev–Trinajstić information content (AvgIpc) is 2.87. The highest BCUT2D eigenvalue weighted by Gasteiger charge is 2.27. The SMILES string of the molecule is CC(NC(=O)C1C=CC(N)C1)C1CCOC1. The Hall–Kier alpha value is -0.870. The molecule has 0 bridgehead atoms. The lowest BCUT2D eigenvalue weighted by Gasteiger charge is -2.21. The molecular formula is C12H20N2O2. The van der Waals surface area contributed by atoms with Gasteiger partial charge in [-0.3, -0.25) is 4.79 Å². The molecule has 3 N–H and O–H groups in total. The Balaban J connectivity index is 1.80. The van der Waals surface area contributed by atoms with Gasteiger partial charge in [-0.05, 0) is 19.8 Å². The Kier molecular flexibility index (Phi) is 3.61. The minimum Gasteiger partial charge on any atom is -0.381 e. The first-order chi connectivity index (χ1) is 7.66. The third kappa shape index (κ3) is 2.62. The van der Waals surface area contributed by atoms with Gasteiger partial charge in [-0.2, -0.15) is 0 Å². The second-order valence-corrected chi connectivity index (χ2v) is 4.81. The molecular weight excluding hydrogens is 204 g/mol. The van der Waals surface area contributed by atoms with E-state index in [9.17, 15) is 4.79 Å². The molecule has 4 atom stereocenters. The molecule has 0 aromatic carbocycles. The van der Waals surface area contributed by atoms with Crippen molar-refractivity contribution in [1.82, 2.24) is 5.32 Å². The molecule has 2 rings (SSSR count). The summed E-state index contributed by atoms with van der Waals surface area (Å²) in [6.07, 6.45) is 5.60. The van der Waals surface area contributed by atoms with Crippen LogP contribution in [0.3, 0.4) is 0 Å². The lowest BCUT2D eigenvalue weighted by molar-refractivity contribution is -0.124. The zero-order valence-corrected chi connectivity index (χ0v) is 9.69. The van der Waals surface area contributed by atoms with Crippen molar-refractivity contribution in [2.45, 2.75) is 31.8 Å². The lowest BCUT2D eigenvalue weighted by atomic mass is 9.99. The van der Waals surface area contributed by atoms with Gasteiger partial charge in [-0.25, -0.2) is 0 Å². The minimum atomic E-state index is -0.0419. The van der Waals surface area contributed by atoms with Crippen LogP contribution in [0.5, 0.6) is 0 Å². The molecule has 1 heterocycles. The van der Waals surface area contributed by atoms with E-state index in [-0.39, 0.29) is 23.9 Å². The van der Waals surface area contributed by atoms with Gasteiger partial charge in [0, 0.05) is 24.6 Å². The number of carbonyl (C=O) groups is 1. The monoisotopic (exact) mass is 224 g/mol. The van der Waals surface area contributed by atoms with Crippen molar-refractivity contribution in [1.29, 1.82) is 0 Å². The minimum absolute atomic E-state index is 0.0419. The molecule has 0 saturated carbocycles. The highest BCUT2D eigenvalue weighted by atomic mass is 16.5. The number of ether oxygens (including phenoxy) is 1. The van der Waals surface area contributed by atoms with Gasteiger partial charge in [-0.15, -0.1) is 0 Å². The predicted octanol–water partition coefficient (Wildman–Crippen LogP) is 0.431. The number of hydrogen-bond acceptors (Lipinski definition) is 3. The molecule has 4 heteroatoms. The molecule has 0 radical (unpaired) electrons. The fourth-order valence-corrected chi connectivity index (χ4v) is 2.32. The first-order valence-electron chi connectivity index (χ1n) is 5.99. The van der Waals surface area contributed by atoms with E-state index < -0.39 is 0 Å². The van der Waals surface area contributed by atoms with Gasteiger partial charge in [0.25, 0.3) is 0 Å². The molecule has 1 saturated heterocycles. The maximum Gasteiger partial charge on any atom is 0.227 e. The van der Waals surface area contributed by atoms with Crippen molar-refractivity contribution in [3.8, 4) is 0 Å². The summed E-state index contributed by atoms with van der Waals surface area (Å²) in [5, 5.41) is 3.06. The van der Waals surface area contributed by atoms with Gasteiger partial charge < -0.3 is 15.8 Å². The van der Waals surface area contributed by atoms with Gasteiger partial charge in [-0.1, -0.05) is 12.2 Å². The standard InChI is InChI=1S/C12H20N2O2/c1-8(10-4-5-16-7-10)14-12(15)9-2-3-11(13)6-9/h2-3,8-11H,4-7,13H2,1H3,(H,14,15). The molecule has 0 spiro atoms. The number of nitrogens with two attached hydrogens (primary N) is 1. The largest absolute Gasteiger partial charge is 0.381 e. The summed E-state index contributed by atoms with van der Waals surface area (Å²) in [6.45, 7) is 3.64. The third-order valence-electron chi connectivity index (χ3n) is 3.50. The summed E-state index contributed by atoms with van der Waals surface area (Å²) >= 11 is 0. The van der Waals surface area contributed by atoms with Crippen LogP contribution < -0.4 is 11.1 Å². The highest BCUT2D eigenvalue weighted by molar-refractivity contribution is 5.81. The fourth-order valence-electron chi connectivity index (χ4n) is 2.32. The molecule has 90 valence electrons. The van der Waals surface area contributed by atoms with Gasteiger partial charge in [0.2, 0.25) is 5.91 Å². The number of rotatable bonds is 3. The van der Waals surface area contributed by atoms with Crippen LogP contribution in [-0.2, 0) is 9.53 Å². The Morgan fingerprint density at radius 2 is 2.38 bits per heavy atom. The van der Waals surface area contributed by atoms with Crippen molar-refractivity contribution in [3.05, 3.63) is 12.2 Å². The summed E-state index contributed by atoms with van der Waals surface area (Å²) in [7, 11) is 0. The predicted molar refractivity (Wildman–Crippen MR) is 61.8 cm³/mol. The average molecular weight is 224 g/mol. The van der Waals surface area contributed by atoms with E-state index in [0.717, 1.165) is 26.1 Å². The normalized spacial score (nSPS) is 35.2. The molecule has 0 aromatic heterocycles. The number of carbonyl (C=O) groups excluding carboxylic acids is 1. The molecule has 1 fully saturated rings. The van der Waals surface area contributed by atoms with E-state index in [4.69, 9.17) is 10.5 Å². The molecule has 0 aromatic rings. The summed E-state index contributed by atoms with van der Waals surface area (Å²) in [5.74, 6) is 0.520. The summed E-state index contributed by atoms with van der Waals surface area (Å²) in [5.41, 5.74) is 5.73. The van der Waals surface area contributed by atoms with E-state index in [2.05, 4.69) is 12.2 Å². The quantitative estimate of drug-likeness (QED) is 0.683. The van der Waals surface area contributed by atoms with Crippen molar-refractivity contribution in [2.75, 3.05) is 13.2 Å². The lowest BCUT2D eigenvalue weighted by Crippen LogP contribution is -2.41. The van der Waals surface area contributed by atoms with Crippen LogP contribution in [0.2, 0.25) is 0 Å². The third-order valence-corrected chi connectivity index (χ3v) is 3.50. The number of nitrogens with one attached hydrogen (secondary N) is 1. The van der Waals surface area contributed by atoms with Crippen LogP contribution in [0.25, 0.3) is 0 Å². The zero-order chi connectivity index (χ0) is 11.5. The molecule has 2 aliphatic rings. The molecule has 1 aliphatic heterocycles. The summed E-state index contributed by atoms with van der Waals surface area (Å²) in [4.78, 5) is 11.9. The van der Waals surface area contributed by atoms with Gasteiger partial charge in [0.1, 0.15) is 0 Å². The Bertz CT molecular complexity index is 285. The molecule has 1 amide bonds. The summed E-state index contributed by atoms with van der Waals surface area (Å²) in [6, 6.07) is 0.237. The Labute approximate surface area is 96.2 Å². The van der Waals surface area contributed by atoms with Gasteiger partial charge in [0.15, 0.2) is 0 Å². The van der Waals surface area contributed by atoms with E-state index >= 15 is 0 Å². The first-order valence-corrected chi connectivity index (χ1v) is 5.99. The number of amides is 1. The molecule has 1 aliphatic carbocycles. The second-order valence-electron chi connectivity index (χ2n) is 4.81. The fraction of sp³-hybridized carbons (Fsp3) is 0.750. The summed E-state index contributed by atoms with van der Waals surface area (Å²) < 4.78 is 5.32. The van der Waals surface area contributed by atoms with Crippen LogP contribution in [0.1, 0.15) is 19.8 Å². The maximum atomic E-state index is 11.9. The van der Waals surface area contributed by atoms with Gasteiger partial charge >= 0.3 is 0 Å². The van der Waals surface area contributed by atoms with Crippen LogP contribution in [0, 0.1) is 11.8 Å². The van der Waals surface area contributed by atoms with Crippen LogP contribution in [0.4, 0.5) is 0 Å². The molecule has 4 unspecified atom stereocenters. The van der Waals surface area contributed by atoms with Gasteiger partial charge in [0.05, 0.1) is 12.5 Å². The van der Waals surface area contributed by atoms with Crippen molar-refractivity contribution >= 4 is 5.91 Å². The highest BCUT2D eigenvalue weighted by Crippen LogP contribution is 2.19. The Morgan fingerprint density at radius 3 is 2.94 bits per heavy atom. The van der Waals surface area contributed by atoms with Crippen LogP contribution in [0.15, 0.2) is 12.2 Å². The van der Waals surface area contributed by atoms with Crippen molar-refractivity contribution < 1.29 is 9.53 Å². The van der Waals surface area contributed by atoms with E-state index in [1.807, 2.05) is 12.2 Å². The topological polar surface area (TPSA) is 64.4 Å². The van der Waals surface area contributed by atoms with E-state index in [0.29, 0.717) is 5.92 Å². The smallest absolute Gasteiger partial charge is 0.227 e. The van der Waals surface area contributed by atoms with E-state index in [1.165, 1.54) is 0 Å².